The minimum absolute atomic E-state index is 0.148. The molecule has 0 spiro atoms. The lowest BCUT2D eigenvalue weighted by Gasteiger charge is -2.20. The Bertz CT molecular complexity index is 986. The van der Waals surface area contributed by atoms with Crippen molar-refractivity contribution in [3.8, 4) is 0 Å². The highest BCUT2D eigenvalue weighted by molar-refractivity contribution is 7.89. The third-order valence-electron chi connectivity index (χ3n) is 4.98. The Balaban J connectivity index is 1.86. The van der Waals surface area contributed by atoms with Crippen molar-refractivity contribution < 1.29 is 17.6 Å². The van der Waals surface area contributed by atoms with Crippen LogP contribution in [-0.2, 0) is 27.7 Å². The van der Waals surface area contributed by atoms with E-state index in [1.54, 1.807) is 36.9 Å². The second-order valence-electron chi connectivity index (χ2n) is 6.55. The first-order valence-electron chi connectivity index (χ1n) is 9.15. The molecule has 0 aliphatic carbocycles. The lowest BCUT2D eigenvalue weighted by atomic mass is 10.1. The van der Waals surface area contributed by atoms with Gasteiger partial charge in [0.1, 0.15) is 5.82 Å². The van der Waals surface area contributed by atoms with Crippen LogP contribution in [0.1, 0.15) is 25.0 Å². The summed E-state index contributed by atoms with van der Waals surface area (Å²) in [6, 6.07) is 9.13. The lowest BCUT2D eigenvalue weighted by molar-refractivity contribution is -0.117. The normalized spacial score (nSPS) is 13.8. The highest BCUT2D eigenvalue weighted by Crippen LogP contribution is 2.32. The first-order valence-corrected chi connectivity index (χ1v) is 11.0. The van der Waals surface area contributed by atoms with Crippen LogP contribution in [-0.4, -0.2) is 38.3 Å². The summed E-state index contributed by atoms with van der Waals surface area (Å²) in [5, 5.41) is 0.216. The van der Waals surface area contributed by atoms with Gasteiger partial charge >= 0.3 is 0 Å². The molecule has 3 rings (SSSR count). The van der Waals surface area contributed by atoms with E-state index in [1.807, 2.05) is 0 Å². The number of nitrogens with zero attached hydrogens (tertiary/aromatic N) is 2. The molecule has 1 heterocycles. The molecule has 0 N–H and O–H groups in total. The van der Waals surface area contributed by atoms with Crippen molar-refractivity contribution in [2.45, 2.75) is 31.6 Å². The van der Waals surface area contributed by atoms with Gasteiger partial charge in [-0.3, -0.25) is 4.79 Å². The van der Waals surface area contributed by atoms with Crippen molar-refractivity contribution in [1.29, 1.82) is 0 Å². The molecule has 1 aliphatic rings. The van der Waals surface area contributed by atoms with Crippen molar-refractivity contribution in [3.05, 3.63) is 58.4 Å². The predicted octanol–water partition coefficient (Wildman–Crippen LogP) is 3.64. The van der Waals surface area contributed by atoms with E-state index < -0.39 is 15.8 Å². The second kappa shape index (κ2) is 8.19. The Morgan fingerprint density at radius 3 is 2.57 bits per heavy atom. The number of halogens is 2. The molecule has 150 valence electrons. The fraction of sp³-hybridized carbons (Fsp3) is 0.350. The van der Waals surface area contributed by atoms with E-state index in [9.17, 15) is 17.6 Å². The van der Waals surface area contributed by atoms with E-state index in [1.165, 1.54) is 22.5 Å². The lowest BCUT2D eigenvalue weighted by Crippen LogP contribution is -2.31. The summed E-state index contributed by atoms with van der Waals surface area (Å²) >= 11 is 6.03. The van der Waals surface area contributed by atoms with Crippen molar-refractivity contribution in [2.24, 2.45) is 0 Å². The molecule has 8 heteroatoms. The van der Waals surface area contributed by atoms with Gasteiger partial charge in [0, 0.05) is 35.9 Å². The van der Waals surface area contributed by atoms with E-state index >= 15 is 0 Å². The topological polar surface area (TPSA) is 57.7 Å². The summed E-state index contributed by atoms with van der Waals surface area (Å²) in [5.74, 6) is -0.786. The number of benzene rings is 2. The second-order valence-corrected chi connectivity index (χ2v) is 8.90. The van der Waals surface area contributed by atoms with Crippen LogP contribution in [0.3, 0.4) is 0 Å². The third-order valence-corrected chi connectivity index (χ3v) is 7.38. The Morgan fingerprint density at radius 2 is 1.93 bits per heavy atom. The first kappa shape index (κ1) is 20.8. The number of sulfonamides is 1. The van der Waals surface area contributed by atoms with Gasteiger partial charge in [0.2, 0.25) is 15.9 Å². The molecule has 0 atom stereocenters. The number of amides is 1. The molecule has 0 radical (unpaired) electrons. The highest BCUT2D eigenvalue weighted by atomic mass is 35.5. The minimum atomic E-state index is -3.56. The highest BCUT2D eigenvalue weighted by Gasteiger charge is 2.29. The van der Waals surface area contributed by atoms with E-state index in [0.29, 0.717) is 31.7 Å². The van der Waals surface area contributed by atoms with E-state index in [4.69, 9.17) is 11.6 Å². The summed E-state index contributed by atoms with van der Waals surface area (Å²) in [6.07, 6.45) is 0.401. The zero-order valence-electron chi connectivity index (χ0n) is 15.8. The molecule has 0 saturated carbocycles. The SMILES string of the molecule is CCN(CC)S(=O)(=O)c1ccc2c(c1)CCN2C(=O)Cc1c(F)cccc1Cl. The third kappa shape index (κ3) is 3.79. The number of hydrogen-bond acceptors (Lipinski definition) is 3. The summed E-state index contributed by atoms with van der Waals surface area (Å²) in [7, 11) is -3.56. The Kier molecular flexibility index (Phi) is 6.07. The van der Waals surface area contributed by atoms with Crippen LogP contribution >= 0.6 is 11.6 Å². The Morgan fingerprint density at radius 1 is 1.21 bits per heavy atom. The molecule has 0 aromatic heterocycles. The molecule has 2 aromatic rings. The number of hydrogen-bond donors (Lipinski definition) is 0. The summed E-state index contributed by atoms with van der Waals surface area (Å²) < 4.78 is 40.8. The standard InChI is InChI=1S/C20H22ClFN2O3S/c1-3-23(4-2)28(26,27)15-8-9-19-14(12-15)10-11-24(19)20(25)13-16-17(21)6-5-7-18(16)22/h5-9,12H,3-4,10-11,13H2,1-2H3. The maximum absolute atomic E-state index is 14.0. The van der Waals surface area contributed by atoms with Gasteiger partial charge in [0.15, 0.2) is 0 Å². The minimum Gasteiger partial charge on any atom is -0.312 e. The molecule has 0 fully saturated rings. The van der Waals surface area contributed by atoms with E-state index in [-0.39, 0.29) is 27.8 Å². The van der Waals surface area contributed by atoms with Crippen LogP contribution < -0.4 is 4.90 Å². The maximum atomic E-state index is 14.0. The fourth-order valence-corrected chi connectivity index (χ4v) is 5.20. The average Bonchev–Trinajstić information content (AvgIpc) is 3.09. The van der Waals surface area contributed by atoms with E-state index in [0.717, 1.165) is 5.56 Å². The number of rotatable bonds is 6. The summed E-state index contributed by atoms with van der Waals surface area (Å²) in [5.41, 5.74) is 1.63. The van der Waals surface area contributed by atoms with Crippen molar-refractivity contribution in [3.63, 3.8) is 0 Å². The predicted molar refractivity (Wildman–Crippen MR) is 108 cm³/mol. The molecule has 1 aliphatic heterocycles. The maximum Gasteiger partial charge on any atom is 0.243 e. The fourth-order valence-electron chi connectivity index (χ4n) is 3.46. The van der Waals surface area contributed by atoms with Crippen LogP contribution in [0.5, 0.6) is 0 Å². The molecular formula is C20H22ClFN2O3S. The first-order chi connectivity index (χ1) is 13.3. The van der Waals surface area contributed by atoms with Crippen LogP contribution in [0.4, 0.5) is 10.1 Å². The number of carbonyl (C=O) groups is 1. The molecule has 0 saturated heterocycles. The van der Waals surface area contributed by atoms with Gasteiger partial charge in [-0.05, 0) is 42.3 Å². The molecule has 28 heavy (non-hydrogen) atoms. The average molecular weight is 425 g/mol. The van der Waals surface area contributed by atoms with Gasteiger partial charge in [0.05, 0.1) is 11.3 Å². The smallest absolute Gasteiger partial charge is 0.243 e. The summed E-state index contributed by atoms with van der Waals surface area (Å²) in [6.45, 7) is 4.80. The van der Waals surface area contributed by atoms with Crippen LogP contribution in [0, 0.1) is 5.82 Å². The molecule has 0 unspecified atom stereocenters. The molecule has 5 nitrogen and oxygen atoms in total. The number of fused-ring (bicyclic) bond motifs is 1. The molecule has 2 aromatic carbocycles. The van der Waals surface area contributed by atoms with Crippen LogP contribution in [0.25, 0.3) is 0 Å². The molecule has 1 amide bonds. The van der Waals surface area contributed by atoms with Crippen LogP contribution in [0.15, 0.2) is 41.3 Å². The van der Waals surface area contributed by atoms with Gasteiger partial charge in [-0.2, -0.15) is 4.31 Å². The van der Waals surface area contributed by atoms with Gasteiger partial charge < -0.3 is 4.90 Å². The van der Waals surface area contributed by atoms with Gasteiger partial charge in [-0.25, -0.2) is 12.8 Å². The van der Waals surface area contributed by atoms with Gasteiger partial charge in [-0.1, -0.05) is 31.5 Å². The van der Waals surface area contributed by atoms with E-state index in [2.05, 4.69) is 0 Å². The zero-order chi connectivity index (χ0) is 20.5. The molecular weight excluding hydrogens is 403 g/mol. The van der Waals surface area contributed by atoms with Crippen LogP contribution in [0.2, 0.25) is 5.02 Å². The monoisotopic (exact) mass is 424 g/mol. The Labute approximate surface area is 169 Å². The van der Waals surface area contributed by atoms with Gasteiger partial charge in [0.25, 0.3) is 0 Å². The molecule has 0 bridgehead atoms. The zero-order valence-corrected chi connectivity index (χ0v) is 17.4. The number of carbonyl (C=O) groups excluding carboxylic acids is 1. The Hall–Kier alpha value is -1.96. The number of anilines is 1. The quantitative estimate of drug-likeness (QED) is 0.711. The summed E-state index contributed by atoms with van der Waals surface area (Å²) in [4.78, 5) is 14.5. The largest absolute Gasteiger partial charge is 0.312 e. The van der Waals surface area contributed by atoms with Crippen molar-refractivity contribution in [2.75, 3.05) is 24.5 Å². The van der Waals surface area contributed by atoms with Crippen molar-refractivity contribution >= 4 is 33.2 Å². The van der Waals surface area contributed by atoms with Crippen molar-refractivity contribution in [1.82, 2.24) is 4.31 Å². The van der Waals surface area contributed by atoms with Gasteiger partial charge in [-0.15, -0.1) is 0 Å².